The number of rotatable bonds is 3. The van der Waals surface area contributed by atoms with Crippen LogP contribution in [-0.2, 0) is 0 Å². The summed E-state index contributed by atoms with van der Waals surface area (Å²) in [6.07, 6.45) is 3.37. The molecular weight excluding hydrogens is 283 g/mol. The van der Waals surface area contributed by atoms with Crippen molar-refractivity contribution in [2.24, 2.45) is 0 Å². The smallest absolute Gasteiger partial charge is 0.287 e. The number of hydrogen-bond donors (Lipinski definition) is 2. The first kappa shape index (κ1) is 14.6. The van der Waals surface area contributed by atoms with E-state index in [-0.39, 0.29) is 17.8 Å². The van der Waals surface area contributed by atoms with Crippen molar-refractivity contribution in [3.8, 4) is 0 Å². The summed E-state index contributed by atoms with van der Waals surface area (Å²) in [5.74, 6) is -0.0218. The van der Waals surface area contributed by atoms with Gasteiger partial charge >= 0.3 is 0 Å². The number of halogens is 1. The van der Waals surface area contributed by atoms with E-state index in [4.69, 9.17) is 0 Å². The van der Waals surface area contributed by atoms with Crippen molar-refractivity contribution in [3.05, 3.63) is 47.8 Å². The fourth-order valence-electron chi connectivity index (χ4n) is 2.72. The van der Waals surface area contributed by atoms with Gasteiger partial charge in [-0.05, 0) is 44.0 Å². The van der Waals surface area contributed by atoms with E-state index >= 15 is 0 Å². The number of nitrogens with zero attached hydrogens (tertiary/aromatic N) is 2. The van der Waals surface area contributed by atoms with Crippen LogP contribution in [0.4, 0.5) is 10.1 Å². The molecule has 0 saturated carbocycles. The van der Waals surface area contributed by atoms with Crippen LogP contribution >= 0.6 is 0 Å². The van der Waals surface area contributed by atoms with Crippen molar-refractivity contribution in [1.29, 1.82) is 0 Å². The van der Waals surface area contributed by atoms with Gasteiger partial charge in [-0.2, -0.15) is 0 Å². The lowest BCUT2D eigenvalue weighted by Crippen LogP contribution is -2.45. The molecule has 5 nitrogen and oxygen atoms in total. The number of aryl methyl sites for hydroxylation is 1. The molecule has 2 aromatic rings. The Kier molecular flexibility index (Phi) is 4.09. The van der Waals surface area contributed by atoms with Gasteiger partial charge in [-0.1, -0.05) is 0 Å². The molecule has 2 heterocycles. The number of nitrogens with one attached hydrogen (secondary N) is 2. The molecule has 1 aliphatic heterocycles. The maximum atomic E-state index is 12.9. The highest BCUT2D eigenvalue weighted by atomic mass is 19.1. The highest BCUT2D eigenvalue weighted by Gasteiger charge is 2.22. The minimum Gasteiger partial charge on any atom is -0.371 e. The van der Waals surface area contributed by atoms with Crippen LogP contribution in [0.25, 0.3) is 0 Å². The van der Waals surface area contributed by atoms with Crippen molar-refractivity contribution >= 4 is 11.6 Å². The van der Waals surface area contributed by atoms with Crippen molar-refractivity contribution in [2.75, 3.05) is 18.0 Å². The summed E-state index contributed by atoms with van der Waals surface area (Å²) in [4.78, 5) is 21.2. The molecular formula is C16H19FN4O. The monoisotopic (exact) mass is 302 g/mol. The molecule has 0 bridgehead atoms. The Balaban J connectivity index is 1.53. The molecule has 1 saturated heterocycles. The molecule has 0 atom stereocenters. The Morgan fingerprint density at radius 1 is 1.32 bits per heavy atom. The van der Waals surface area contributed by atoms with Crippen LogP contribution < -0.4 is 10.2 Å². The standard InChI is InChI=1S/C16H19FN4O/c1-11-10-18-15(19-11)16(22)20-13-6-8-21(9-7-13)14-4-2-12(17)3-5-14/h2-5,10,13H,6-9H2,1H3,(H,18,19)(H,20,22). The number of hydrogen-bond acceptors (Lipinski definition) is 3. The molecule has 0 spiro atoms. The van der Waals surface area contributed by atoms with E-state index in [0.717, 1.165) is 37.3 Å². The maximum absolute atomic E-state index is 12.9. The van der Waals surface area contributed by atoms with Gasteiger partial charge in [0.1, 0.15) is 5.82 Å². The van der Waals surface area contributed by atoms with Crippen molar-refractivity contribution in [3.63, 3.8) is 0 Å². The van der Waals surface area contributed by atoms with E-state index in [1.807, 2.05) is 6.92 Å². The third kappa shape index (κ3) is 3.27. The number of carbonyl (C=O) groups is 1. The fraction of sp³-hybridized carbons (Fsp3) is 0.375. The van der Waals surface area contributed by atoms with E-state index in [2.05, 4.69) is 20.2 Å². The van der Waals surface area contributed by atoms with Crippen LogP contribution in [-0.4, -0.2) is 35.0 Å². The summed E-state index contributed by atoms with van der Waals surface area (Å²) < 4.78 is 12.9. The SMILES string of the molecule is Cc1cnc(C(=O)NC2CCN(c3ccc(F)cc3)CC2)[nH]1. The van der Waals surface area contributed by atoms with E-state index < -0.39 is 0 Å². The molecule has 0 aliphatic carbocycles. The summed E-state index contributed by atoms with van der Waals surface area (Å²) in [6.45, 7) is 3.55. The minimum absolute atomic E-state index is 0.148. The first-order valence-corrected chi connectivity index (χ1v) is 7.45. The molecule has 1 amide bonds. The average Bonchev–Trinajstić information content (AvgIpc) is 2.96. The summed E-state index contributed by atoms with van der Waals surface area (Å²) in [5, 5.41) is 3.01. The van der Waals surface area contributed by atoms with E-state index in [1.165, 1.54) is 12.1 Å². The van der Waals surface area contributed by atoms with Gasteiger partial charge in [-0.25, -0.2) is 9.37 Å². The van der Waals surface area contributed by atoms with Crippen LogP contribution in [0.15, 0.2) is 30.5 Å². The number of aromatic nitrogens is 2. The number of aromatic amines is 1. The van der Waals surface area contributed by atoms with Crippen molar-refractivity contribution in [2.45, 2.75) is 25.8 Å². The molecule has 0 unspecified atom stereocenters. The van der Waals surface area contributed by atoms with Gasteiger partial charge in [-0.15, -0.1) is 0 Å². The zero-order valence-corrected chi connectivity index (χ0v) is 12.5. The molecule has 1 fully saturated rings. The zero-order chi connectivity index (χ0) is 15.5. The second-order valence-corrected chi connectivity index (χ2v) is 5.63. The van der Waals surface area contributed by atoms with E-state index in [0.29, 0.717) is 5.82 Å². The molecule has 22 heavy (non-hydrogen) atoms. The molecule has 1 aliphatic rings. The number of amides is 1. The summed E-state index contributed by atoms with van der Waals surface area (Å²) in [7, 11) is 0. The largest absolute Gasteiger partial charge is 0.371 e. The highest BCUT2D eigenvalue weighted by molar-refractivity contribution is 5.90. The predicted octanol–water partition coefficient (Wildman–Crippen LogP) is 2.26. The maximum Gasteiger partial charge on any atom is 0.287 e. The molecule has 3 rings (SSSR count). The van der Waals surface area contributed by atoms with Crippen LogP contribution in [0.1, 0.15) is 29.2 Å². The van der Waals surface area contributed by atoms with Gasteiger partial charge < -0.3 is 15.2 Å². The zero-order valence-electron chi connectivity index (χ0n) is 12.5. The second kappa shape index (κ2) is 6.17. The van der Waals surface area contributed by atoms with Crippen LogP contribution in [0.5, 0.6) is 0 Å². The molecule has 1 aromatic heterocycles. The Morgan fingerprint density at radius 2 is 2.00 bits per heavy atom. The van der Waals surface area contributed by atoms with Gasteiger partial charge in [0.15, 0.2) is 5.82 Å². The van der Waals surface area contributed by atoms with Crippen LogP contribution in [0.3, 0.4) is 0 Å². The number of H-pyrrole nitrogens is 1. The molecule has 1 aromatic carbocycles. The second-order valence-electron chi connectivity index (χ2n) is 5.63. The predicted molar refractivity (Wildman–Crippen MR) is 82.4 cm³/mol. The summed E-state index contributed by atoms with van der Waals surface area (Å²) >= 11 is 0. The fourth-order valence-corrected chi connectivity index (χ4v) is 2.72. The lowest BCUT2D eigenvalue weighted by atomic mass is 10.0. The Morgan fingerprint density at radius 3 is 2.59 bits per heavy atom. The molecule has 0 radical (unpaired) electrons. The topological polar surface area (TPSA) is 61.0 Å². The summed E-state index contributed by atoms with van der Waals surface area (Å²) in [6, 6.07) is 6.68. The first-order valence-electron chi connectivity index (χ1n) is 7.45. The normalized spacial score (nSPS) is 15.8. The van der Waals surface area contributed by atoms with Gasteiger partial charge in [0.05, 0.1) is 0 Å². The molecule has 116 valence electrons. The van der Waals surface area contributed by atoms with Crippen LogP contribution in [0.2, 0.25) is 0 Å². The van der Waals surface area contributed by atoms with Crippen molar-refractivity contribution < 1.29 is 9.18 Å². The van der Waals surface area contributed by atoms with Crippen LogP contribution in [0, 0.1) is 12.7 Å². The van der Waals surface area contributed by atoms with Gasteiger partial charge in [0, 0.05) is 36.7 Å². The Bertz CT molecular complexity index is 644. The van der Waals surface area contributed by atoms with E-state index in [9.17, 15) is 9.18 Å². The minimum atomic E-state index is -0.223. The number of carbonyl (C=O) groups excluding carboxylic acids is 1. The lowest BCUT2D eigenvalue weighted by Gasteiger charge is -2.33. The summed E-state index contributed by atoms with van der Waals surface area (Å²) in [5.41, 5.74) is 1.89. The number of imidazole rings is 1. The quantitative estimate of drug-likeness (QED) is 0.914. The third-order valence-electron chi connectivity index (χ3n) is 3.94. The van der Waals surface area contributed by atoms with E-state index in [1.54, 1.807) is 18.3 Å². The van der Waals surface area contributed by atoms with Gasteiger partial charge in [0.2, 0.25) is 0 Å². The van der Waals surface area contributed by atoms with Gasteiger partial charge in [0.25, 0.3) is 5.91 Å². The first-order chi connectivity index (χ1) is 10.6. The Hall–Kier alpha value is -2.37. The molecule has 6 heteroatoms. The van der Waals surface area contributed by atoms with Gasteiger partial charge in [-0.3, -0.25) is 4.79 Å². The van der Waals surface area contributed by atoms with Crippen molar-refractivity contribution in [1.82, 2.24) is 15.3 Å². The lowest BCUT2D eigenvalue weighted by molar-refractivity contribution is 0.0921. The third-order valence-corrected chi connectivity index (χ3v) is 3.94. The number of benzene rings is 1. The Labute approximate surface area is 128 Å². The number of anilines is 1. The molecule has 2 N–H and O–H groups in total. The average molecular weight is 302 g/mol. The number of piperidine rings is 1. The highest BCUT2D eigenvalue weighted by Crippen LogP contribution is 2.20.